The van der Waals surface area contributed by atoms with Gasteiger partial charge < -0.3 is 24.6 Å². The number of carbonyl (C=O) groups is 1. The van der Waals surface area contributed by atoms with Gasteiger partial charge in [0.2, 0.25) is 15.9 Å². The van der Waals surface area contributed by atoms with Gasteiger partial charge in [0.25, 0.3) is 0 Å². The summed E-state index contributed by atoms with van der Waals surface area (Å²) in [6, 6.07) is 15.1. The second kappa shape index (κ2) is 13.2. The molecule has 2 aromatic rings. The van der Waals surface area contributed by atoms with Crippen LogP contribution < -0.4 is 10.1 Å². The molecule has 0 bridgehead atoms. The van der Waals surface area contributed by atoms with E-state index in [1.54, 1.807) is 12.1 Å². The van der Waals surface area contributed by atoms with E-state index in [1.807, 2.05) is 44.2 Å². The van der Waals surface area contributed by atoms with E-state index in [9.17, 15) is 18.3 Å². The zero-order valence-corrected chi connectivity index (χ0v) is 23.7. The third kappa shape index (κ3) is 7.58. The summed E-state index contributed by atoms with van der Waals surface area (Å²) in [6.07, 6.45) is 0.126. The Labute approximate surface area is 231 Å². The normalized spacial score (nSPS) is 22.6. The summed E-state index contributed by atoms with van der Waals surface area (Å²) < 4.78 is 44.9. The van der Waals surface area contributed by atoms with Crippen LogP contribution in [-0.4, -0.2) is 75.6 Å². The zero-order valence-electron chi connectivity index (χ0n) is 22.9. The molecule has 0 saturated carbocycles. The second-order valence-electron chi connectivity index (χ2n) is 10.8. The molecule has 2 N–H and O–H groups in total. The van der Waals surface area contributed by atoms with Crippen LogP contribution in [0.2, 0.25) is 0 Å². The predicted molar refractivity (Wildman–Crippen MR) is 147 cm³/mol. The van der Waals surface area contributed by atoms with Crippen molar-refractivity contribution in [3.05, 3.63) is 60.2 Å². The predicted octanol–water partition coefficient (Wildman–Crippen LogP) is 2.83. The molecule has 10 heteroatoms. The Kier molecular flexibility index (Phi) is 10.0. The Morgan fingerprint density at radius 3 is 2.49 bits per heavy atom. The minimum Gasteiger partial charge on any atom is -0.497 e. The number of fused-ring (bicyclic) bond motifs is 1. The van der Waals surface area contributed by atoms with Gasteiger partial charge in [-0.25, -0.2) is 8.42 Å². The molecule has 2 aliphatic rings. The van der Waals surface area contributed by atoms with E-state index in [0.29, 0.717) is 25.4 Å². The fraction of sp³-hybridized carbons (Fsp3) is 0.552. The molecule has 9 nitrogen and oxygen atoms in total. The molecule has 1 amide bonds. The SMILES string of the molecule is COc1ccc(S(=O)(=O)N(CC(C)C)C[C@@H](O)[C@H](Cc2ccccc2)NC(=O)C[C@@H]2CO[C@@H]3OCC[C@H]23)cc1. The number of hydrogen-bond acceptors (Lipinski definition) is 7. The lowest BCUT2D eigenvalue weighted by Crippen LogP contribution is -2.51. The van der Waals surface area contributed by atoms with Crippen molar-refractivity contribution in [2.45, 2.75) is 56.4 Å². The summed E-state index contributed by atoms with van der Waals surface area (Å²) in [4.78, 5) is 13.3. The summed E-state index contributed by atoms with van der Waals surface area (Å²) in [5.41, 5.74) is 0.934. The number of aliphatic hydroxyl groups excluding tert-OH is 1. The van der Waals surface area contributed by atoms with Gasteiger partial charge >= 0.3 is 0 Å². The van der Waals surface area contributed by atoms with Crippen molar-refractivity contribution in [3.8, 4) is 5.75 Å². The fourth-order valence-electron chi connectivity index (χ4n) is 5.33. The molecule has 5 atom stereocenters. The van der Waals surface area contributed by atoms with Gasteiger partial charge in [0.15, 0.2) is 6.29 Å². The van der Waals surface area contributed by atoms with Crippen LogP contribution in [0.3, 0.4) is 0 Å². The van der Waals surface area contributed by atoms with Crippen LogP contribution in [0.5, 0.6) is 5.75 Å². The average molecular weight is 561 g/mol. The first-order valence-electron chi connectivity index (χ1n) is 13.6. The highest BCUT2D eigenvalue weighted by Gasteiger charge is 2.42. The number of nitrogens with one attached hydrogen (secondary N) is 1. The van der Waals surface area contributed by atoms with Crippen molar-refractivity contribution >= 4 is 15.9 Å². The van der Waals surface area contributed by atoms with Gasteiger partial charge in [-0.1, -0.05) is 44.2 Å². The van der Waals surface area contributed by atoms with E-state index in [2.05, 4.69) is 5.32 Å². The van der Waals surface area contributed by atoms with Crippen LogP contribution in [-0.2, 0) is 30.7 Å². The van der Waals surface area contributed by atoms with Crippen molar-refractivity contribution in [3.63, 3.8) is 0 Å². The smallest absolute Gasteiger partial charge is 0.243 e. The van der Waals surface area contributed by atoms with E-state index < -0.39 is 22.2 Å². The molecule has 0 radical (unpaired) electrons. The number of carbonyl (C=O) groups excluding carboxylic acids is 1. The summed E-state index contributed by atoms with van der Waals surface area (Å²) in [5.74, 6) is 0.642. The summed E-state index contributed by atoms with van der Waals surface area (Å²) >= 11 is 0. The maximum absolute atomic E-state index is 13.6. The third-order valence-corrected chi connectivity index (χ3v) is 9.22. The van der Waals surface area contributed by atoms with Crippen molar-refractivity contribution in [2.75, 3.05) is 33.4 Å². The van der Waals surface area contributed by atoms with E-state index in [-0.39, 0.29) is 54.4 Å². The maximum atomic E-state index is 13.6. The molecular formula is C29H40N2O7S. The van der Waals surface area contributed by atoms with Gasteiger partial charge in [-0.2, -0.15) is 4.31 Å². The van der Waals surface area contributed by atoms with Crippen molar-refractivity contribution in [1.82, 2.24) is 9.62 Å². The van der Waals surface area contributed by atoms with Gasteiger partial charge in [-0.3, -0.25) is 4.79 Å². The van der Waals surface area contributed by atoms with E-state index in [1.165, 1.54) is 23.5 Å². The zero-order chi connectivity index (χ0) is 28.0. The number of rotatable bonds is 13. The minimum atomic E-state index is -3.90. The molecule has 214 valence electrons. The Morgan fingerprint density at radius 2 is 1.82 bits per heavy atom. The lowest BCUT2D eigenvalue weighted by Gasteiger charge is -2.31. The topological polar surface area (TPSA) is 114 Å². The number of methoxy groups -OCH3 is 1. The van der Waals surface area contributed by atoms with Gasteiger partial charge in [0, 0.05) is 25.4 Å². The highest BCUT2D eigenvalue weighted by molar-refractivity contribution is 7.89. The number of amides is 1. The lowest BCUT2D eigenvalue weighted by atomic mass is 9.90. The quantitative estimate of drug-likeness (QED) is 0.387. The average Bonchev–Trinajstić information content (AvgIpc) is 3.53. The summed E-state index contributed by atoms with van der Waals surface area (Å²) in [5, 5.41) is 14.4. The van der Waals surface area contributed by atoms with Gasteiger partial charge in [0.05, 0.1) is 37.4 Å². The monoisotopic (exact) mass is 560 g/mol. The van der Waals surface area contributed by atoms with Crippen molar-refractivity contribution < 1.29 is 32.5 Å². The van der Waals surface area contributed by atoms with Gasteiger partial charge in [0.1, 0.15) is 5.75 Å². The molecule has 0 aliphatic carbocycles. The molecule has 0 aromatic heterocycles. The van der Waals surface area contributed by atoms with Crippen LogP contribution >= 0.6 is 0 Å². The second-order valence-corrected chi connectivity index (χ2v) is 12.7. The first-order valence-corrected chi connectivity index (χ1v) is 15.0. The number of sulfonamides is 1. The van der Waals surface area contributed by atoms with E-state index >= 15 is 0 Å². The first-order chi connectivity index (χ1) is 18.7. The minimum absolute atomic E-state index is 0.0244. The maximum Gasteiger partial charge on any atom is 0.243 e. The molecule has 0 unspecified atom stereocenters. The lowest BCUT2D eigenvalue weighted by molar-refractivity contribution is -0.124. The molecule has 2 fully saturated rings. The molecule has 4 rings (SSSR count). The Bertz CT molecular complexity index is 1170. The highest BCUT2D eigenvalue weighted by Crippen LogP contribution is 2.37. The van der Waals surface area contributed by atoms with E-state index in [0.717, 1.165) is 12.0 Å². The summed E-state index contributed by atoms with van der Waals surface area (Å²) in [6.45, 7) is 5.02. The molecular weight excluding hydrogens is 520 g/mol. The molecule has 2 heterocycles. The van der Waals surface area contributed by atoms with E-state index in [4.69, 9.17) is 14.2 Å². The molecule has 39 heavy (non-hydrogen) atoms. The third-order valence-electron chi connectivity index (χ3n) is 7.38. The number of hydrogen-bond donors (Lipinski definition) is 2. The largest absolute Gasteiger partial charge is 0.497 e. The van der Waals surface area contributed by atoms with Crippen LogP contribution in [0.15, 0.2) is 59.5 Å². The Hall–Kier alpha value is -2.50. The van der Waals surface area contributed by atoms with Crippen LogP contribution in [0.25, 0.3) is 0 Å². The molecule has 0 spiro atoms. The number of benzene rings is 2. The molecule has 2 saturated heterocycles. The molecule has 2 aromatic carbocycles. The standard InChI is InChI=1S/C29H40N2O7S/c1-20(2)17-31(39(34,35)24-11-9-23(36-3)10-12-24)18-27(32)26(15-21-7-5-4-6-8-21)30-28(33)16-22-19-38-29-25(22)13-14-37-29/h4-12,20,22,25-27,29,32H,13-19H2,1-3H3,(H,30,33)/t22-,25-,26+,27-,29+/m1/s1. The van der Waals surface area contributed by atoms with Gasteiger partial charge in [-0.15, -0.1) is 0 Å². The highest BCUT2D eigenvalue weighted by atomic mass is 32.2. The van der Waals surface area contributed by atoms with Crippen LogP contribution in [0.4, 0.5) is 0 Å². The van der Waals surface area contributed by atoms with Crippen molar-refractivity contribution in [1.29, 1.82) is 0 Å². The number of ether oxygens (including phenoxy) is 3. The van der Waals surface area contributed by atoms with Gasteiger partial charge in [-0.05, 0) is 54.5 Å². The Balaban J connectivity index is 1.51. The molecule has 2 aliphatic heterocycles. The first kappa shape index (κ1) is 29.5. The Morgan fingerprint density at radius 1 is 1.10 bits per heavy atom. The van der Waals surface area contributed by atoms with Crippen molar-refractivity contribution in [2.24, 2.45) is 17.8 Å². The number of nitrogens with zero attached hydrogens (tertiary/aromatic N) is 1. The number of aliphatic hydroxyl groups is 1. The fourth-order valence-corrected chi connectivity index (χ4v) is 6.95. The summed E-state index contributed by atoms with van der Waals surface area (Å²) in [7, 11) is -2.39. The van der Waals surface area contributed by atoms with Crippen LogP contribution in [0, 0.1) is 17.8 Å². The van der Waals surface area contributed by atoms with Crippen LogP contribution in [0.1, 0.15) is 32.3 Å².